The Labute approximate surface area is 143 Å². The lowest BCUT2D eigenvalue weighted by molar-refractivity contribution is -0.384. The number of carbonyl (C=O) groups is 1. The van der Waals surface area contributed by atoms with Crippen molar-refractivity contribution in [3.8, 4) is 11.5 Å². The quantitative estimate of drug-likeness (QED) is 0.427. The van der Waals surface area contributed by atoms with Crippen LogP contribution in [0.4, 0.5) is 11.4 Å². The Kier molecular flexibility index (Phi) is 5.88. The van der Waals surface area contributed by atoms with E-state index in [1.54, 1.807) is 30.3 Å². The summed E-state index contributed by atoms with van der Waals surface area (Å²) >= 11 is 0. The first-order valence-corrected chi connectivity index (χ1v) is 7.12. The van der Waals surface area contributed by atoms with Crippen LogP contribution in [0, 0.1) is 10.1 Å². The van der Waals surface area contributed by atoms with E-state index in [4.69, 9.17) is 15.2 Å². The number of rotatable bonds is 8. The number of hydrazone groups is 1. The van der Waals surface area contributed by atoms with Crippen molar-refractivity contribution in [3.05, 3.63) is 58.1 Å². The molecule has 2 rings (SSSR count). The topological polar surface area (TPSA) is 129 Å². The van der Waals surface area contributed by atoms with Gasteiger partial charge in [-0.05, 0) is 29.8 Å². The number of primary amides is 1. The summed E-state index contributed by atoms with van der Waals surface area (Å²) in [7, 11) is 1.47. The average molecular weight is 344 g/mol. The zero-order valence-corrected chi connectivity index (χ0v) is 13.3. The number of nitro benzene ring substituents is 1. The third-order valence-corrected chi connectivity index (χ3v) is 3.02. The van der Waals surface area contributed by atoms with Crippen LogP contribution in [-0.4, -0.2) is 30.8 Å². The van der Waals surface area contributed by atoms with Crippen molar-refractivity contribution in [3.63, 3.8) is 0 Å². The number of hydrogen-bond acceptors (Lipinski definition) is 7. The van der Waals surface area contributed by atoms with E-state index >= 15 is 0 Å². The summed E-state index contributed by atoms with van der Waals surface area (Å²) in [5, 5.41) is 14.8. The predicted molar refractivity (Wildman–Crippen MR) is 92.0 cm³/mol. The number of carbonyl (C=O) groups excluding carboxylic acids is 1. The number of methoxy groups -OCH3 is 1. The van der Waals surface area contributed by atoms with Crippen LogP contribution in [0.3, 0.4) is 0 Å². The summed E-state index contributed by atoms with van der Waals surface area (Å²) in [5.74, 6) is 0.208. The van der Waals surface area contributed by atoms with Gasteiger partial charge in [-0.15, -0.1) is 0 Å². The minimum atomic E-state index is -0.589. The number of hydrogen-bond donors (Lipinski definition) is 2. The lowest BCUT2D eigenvalue weighted by Gasteiger charge is -2.09. The Morgan fingerprint density at radius 2 is 2.12 bits per heavy atom. The number of benzene rings is 2. The number of nitro groups is 1. The van der Waals surface area contributed by atoms with Gasteiger partial charge in [0.25, 0.3) is 11.6 Å². The molecule has 25 heavy (non-hydrogen) atoms. The molecule has 0 atom stereocenters. The van der Waals surface area contributed by atoms with Crippen molar-refractivity contribution in [2.75, 3.05) is 19.1 Å². The van der Waals surface area contributed by atoms with Crippen molar-refractivity contribution in [1.29, 1.82) is 0 Å². The SMILES string of the molecule is COc1cc(/C=N\Nc2cccc([N+](=O)[O-])c2)ccc1OCC(N)=O. The lowest BCUT2D eigenvalue weighted by atomic mass is 10.2. The molecule has 0 aliphatic rings. The molecule has 9 nitrogen and oxygen atoms in total. The normalized spacial score (nSPS) is 10.4. The van der Waals surface area contributed by atoms with E-state index in [0.717, 1.165) is 0 Å². The molecule has 0 aromatic heterocycles. The van der Waals surface area contributed by atoms with E-state index in [9.17, 15) is 14.9 Å². The van der Waals surface area contributed by atoms with Gasteiger partial charge in [0.15, 0.2) is 18.1 Å². The van der Waals surface area contributed by atoms with Crippen LogP contribution in [-0.2, 0) is 4.79 Å². The third kappa shape index (κ3) is 5.20. The molecule has 0 saturated carbocycles. The number of anilines is 1. The highest BCUT2D eigenvalue weighted by atomic mass is 16.6. The average Bonchev–Trinajstić information content (AvgIpc) is 2.60. The smallest absolute Gasteiger partial charge is 0.271 e. The molecule has 0 spiro atoms. The minimum Gasteiger partial charge on any atom is -0.493 e. The fourth-order valence-corrected chi connectivity index (χ4v) is 1.90. The maximum absolute atomic E-state index is 10.8. The van der Waals surface area contributed by atoms with Gasteiger partial charge in [-0.2, -0.15) is 5.10 Å². The van der Waals surface area contributed by atoms with Crippen molar-refractivity contribution in [2.24, 2.45) is 10.8 Å². The van der Waals surface area contributed by atoms with Gasteiger partial charge < -0.3 is 15.2 Å². The summed E-state index contributed by atoms with van der Waals surface area (Å²) in [6.07, 6.45) is 1.51. The largest absolute Gasteiger partial charge is 0.493 e. The summed E-state index contributed by atoms with van der Waals surface area (Å²) in [5.41, 5.74) is 8.90. The minimum absolute atomic E-state index is 0.0298. The molecule has 0 heterocycles. The van der Waals surface area contributed by atoms with Crippen LogP contribution in [0.2, 0.25) is 0 Å². The van der Waals surface area contributed by atoms with E-state index in [0.29, 0.717) is 22.7 Å². The number of nitrogens with zero attached hydrogens (tertiary/aromatic N) is 2. The van der Waals surface area contributed by atoms with Crippen LogP contribution >= 0.6 is 0 Å². The first-order valence-electron chi connectivity index (χ1n) is 7.12. The molecular formula is C16H16N4O5. The maximum Gasteiger partial charge on any atom is 0.271 e. The van der Waals surface area contributed by atoms with Crippen LogP contribution in [0.5, 0.6) is 11.5 Å². The Hall–Kier alpha value is -3.62. The Morgan fingerprint density at radius 3 is 2.80 bits per heavy atom. The Morgan fingerprint density at radius 1 is 1.32 bits per heavy atom. The molecule has 9 heteroatoms. The van der Waals surface area contributed by atoms with Crippen molar-refractivity contribution >= 4 is 23.5 Å². The molecule has 130 valence electrons. The zero-order valence-electron chi connectivity index (χ0n) is 13.3. The molecule has 0 aliphatic heterocycles. The molecule has 0 unspecified atom stereocenters. The fourth-order valence-electron chi connectivity index (χ4n) is 1.90. The summed E-state index contributed by atoms with van der Waals surface area (Å²) in [6.45, 7) is -0.252. The highest BCUT2D eigenvalue weighted by Crippen LogP contribution is 2.27. The molecule has 1 amide bonds. The summed E-state index contributed by atoms with van der Waals surface area (Å²) < 4.78 is 10.4. The molecule has 2 aromatic carbocycles. The molecule has 0 fully saturated rings. The van der Waals surface area contributed by atoms with E-state index in [1.807, 2.05) is 0 Å². The Bertz CT molecular complexity index is 807. The fraction of sp³-hybridized carbons (Fsp3) is 0.125. The maximum atomic E-state index is 10.8. The van der Waals surface area contributed by atoms with Gasteiger partial charge in [0.2, 0.25) is 0 Å². The monoisotopic (exact) mass is 344 g/mol. The predicted octanol–water partition coefficient (Wildman–Crippen LogP) is 1.91. The van der Waals surface area contributed by atoms with E-state index in [1.165, 1.54) is 25.5 Å². The highest BCUT2D eigenvalue weighted by molar-refractivity contribution is 5.81. The van der Waals surface area contributed by atoms with Gasteiger partial charge in [0.1, 0.15) is 0 Å². The second kappa shape index (κ2) is 8.29. The summed E-state index contributed by atoms with van der Waals surface area (Å²) in [6, 6.07) is 11.0. The molecule has 2 aromatic rings. The zero-order chi connectivity index (χ0) is 18.2. The molecule has 0 radical (unpaired) electrons. The van der Waals surface area contributed by atoms with E-state index < -0.39 is 10.8 Å². The first-order chi connectivity index (χ1) is 12.0. The molecule has 0 bridgehead atoms. The summed E-state index contributed by atoms with van der Waals surface area (Å²) in [4.78, 5) is 21.0. The van der Waals surface area contributed by atoms with Crippen molar-refractivity contribution < 1.29 is 19.2 Å². The van der Waals surface area contributed by atoms with Crippen LogP contribution in [0.1, 0.15) is 5.56 Å². The number of amides is 1. The first kappa shape index (κ1) is 17.7. The van der Waals surface area contributed by atoms with Crippen LogP contribution in [0.15, 0.2) is 47.6 Å². The van der Waals surface area contributed by atoms with Crippen LogP contribution < -0.4 is 20.6 Å². The number of nitrogens with one attached hydrogen (secondary N) is 1. The molecule has 0 saturated heterocycles. The Balaban J connectivity index is 2.06. The van der Waals surface area contributed by atoms with Gasteiger partial charge in [0.05, 0.1) is 23.9 Å². The van der Waals surface area contributed by atoms with Gasteiger partial charge in [-0.1, -0.05) is 6.07 Å². The number of ether oxygens (including phenoxy) is 2. The van der Waals surface area contributed by atoms with Gasteiger partial charge in [0, 0.05) is 12.1 Å². The van der Waals surface area contributed by atoms with E-state index in [2.05, 4.69) is 10.5 Å². The van der Waals surface area contributed by atoms with E-state index in [-0.39, 0.29) is 12.3 Å². The van der Waals surface area contributed by atoms with Gasteiger partial charge in [-0.25, -0.2) is 0 Å². The molecule has 0 aliphatic carbocycles. The highest BCUT2D eigenvalue weighted by Gasteiger charge is 2.07. The molecular weight excluding hydrogens is 328 g/mol. The second-order valence-electron chi connectivity index (χ2n) is 4.84. The lowest BCUT2D eigenvalue weighted by Crippen LogP contribution is -2.20. The van der Waals surface area contributed by atoms with Crippen LogP contribution in [0.25, 0.3) is 0 Å². The van der Waals surface area contributed by atoms with Crippen molar-refractivity contribution in [1.82, 2.24) is 0 Å². The number of non-ortho nitro benzene ring substituents is 1. The second-order valence-corrected chi connectivity index (χ2v) is 4.84. The van der Waals surface area contributed by atoms with Gasteiger partial charge in [-0.3, -0.25) is 20.3 Å². The number of nitrogens with two attached hydrogens (primary N) is 1. The van der Waals surface area contributed by atoms with Crippen molar-refractivity contribution in [2.45, 2.75) is 0 Å². The third-order valence-electron chi connectivity index (χ3n) is 3.02. The molecule has 3 N–H and O–H groups in total. The standard InChI is InChI=1S/C16H16N4O5/c1-24-15-7-11(5-6-14(15)25-10-16(17)21)9-18-19-12-3-2-4-13(8-12)20(22)23/h2-9,19H,10H2,1H3,(H2,17,21)/b18-9-. The van der Waals surface area contributed by atoms with Gasteiger partial charge >= 0.3 is 0 Å².